The SMILES string of the molecule is CCC(C)(C(NC)c1cc(C)c(OC)cc1C)N(C)C. The Balaban J connectivity index is 3.36. The fourth-order valence-corrected chi connectivity index (χ4v) is 2.92. The van der Waals surface area contributed by atoms with E-state index in [0.717, 1.165) is 12.2 Å². The number of aryl methyl sites for hydroxylation is 2. The first-order valence-corrected chi connectivity index (χ1v) is 7.31. The number of ether oxygens (including phenoxy) is 1. The van der Waals surface area contributed by atoms with E-state index in [2.05, 4.69) is 64.1 Å². The van der Waals surface area contributed by atoms with Gasteiger partial charge in [-0.2, -0.15) is 0 Å². The highest BCUT2D eigenvalue weighted by molar-refractivity contribution is 5.43. The van der Waals surface area contributed by atoms with Crippen molar-refractivity contribution in [3.05, 3.63) is 28.8 Å². The first-order chi connectivity index (χ1) is 9.31. The van der Waals surface area contributed by atoms with Gasteiger partial charge in [0.15, 0.2) is 0 Å². The van der Waals surface area contributed by atoms with Gasteiger partial charge in [0.1, 0.15) is 5.75 Å². The molecule has 1 N–H and O–H groups in total. The van der Waals surface area contributed by atoms with Crippen LogP contribution in [0.25, 0.3) is 0 Å². The molecule has 0 fully saturated rings. The summed E-state index contributed by atoms with van der Waals surface area (Å²) in [4.78, 5) is 2.31. The van der Waals surface area contributed by atoms with Crippen LogP contribution < -0.4 is 10.1 Å². The van der Waals surface area contributed by atoms with Crippen molar-refractivity contribution in [2.45, 2.75) is 45.7 Å². The number of likely N-dealkylation sites (N-methyl/N-ethyl adjacent to an activating group) is 2. The second-order valence-electron chi connectivity index (χ2n) is 6.01. The van der Waals surface area contributed by atoms with Gasteiger partial charge in [-0.25, -0.2) is 0 Å². The summed E-state index contributed by atoms with van der Waals surface area (Å²) in [7, 11) is 8.08. The van der Waals surface area contributed by atoms with E-state index in [1.807, 2.05) is 7.05 Å². The van der Waals surface area contributed by atoms with Crippen LogP contribution in [0.2, 0.25) is 0 Å². The van der Waals surface area contributed by atoms with Gasteiger partial charge in [0, 0.05) is 5.54 Å². The molecule has 0 bridgehead atoms. The van der Waals surface area contributed by atoms with E-state index < -0.39 is 0 Å². The second kappa shape index (κ2) is 6.59. The van der Waals surface area contributed by atoms with Crippen molar-refractivity contribution in [3.63, 3.8) is 0 Å². The van der Waals surface area contributed by atoms with Gasteiger partial charge in [-0.05, 0) is 71.1 Å². The lowest BCUT2D eigenvalue weighted by Gasteiger charge is -2.43. The standard InChI is InChI=1S/C17H30N2O/c1-9-17(4,19(6)7)16(18-5)14-10-13(3)15(20-8)11-12(14)2/h10-11,16,18H,9H2,1-8H3. The lowest BCUT2D eigenvalue weighted by Crippen LogP contribution is -2.50. The van der Waals surface area contributed by atoms with E-state index in [4.69, 9.17) is 4.74 Å². The molecule has 0 saturated carbocycles. The molecule has 1 aromatic rings. The molecular formula is C17H30N2O. The normalized spacial score (nSPS) is 16.1. The average molecular weight is 278 g/mol. The van der Waals surface area contributed by atoms with Gasteiger partial charge in [0.2, 0.25) is 0 Å². The van der Waals surface area contributed by atoms with Crippen molar-refractivity contribution in [1.82, 2.24) is 10.2 Å². The number of benzene rings is 1. The molecule has 0 aliphatic carbocycles. The summed E-state index contributed by atoms with van der Waals surface area (Å²) in [6.07, 6.45) is 1.08. The van der Waals surface area contributed by atoms with Crippen molar-refractivity contribution in [2.24, 2.45) is 0 Å². The van der Waals surface area contributed by atoms with Crippen LogP contribution >= 0.6 is 0 Å². The quantitative estimate of drug-likeness (QED) is 0.864. The highest BCUT2D eigenvalue weighted by Gasteiger charge is 2.35. The van der Waals surface area contributed by atoms with E-state index in [1.165, 1.54) is 16.7 Å². The Hall–Kier alpha value is -1.06. The highest BCUT2D eigenvalue weighted by Crippen LogP contribution is 2.36. The third-order valence-electron chi connectivity index (χ3n) is 4.74. The van der Waals surface area contributed by atoms with Crippen LogP contribution in [0.5, 0.6) is 5.75 Å². The van der Waals surface area contributed by atoms with Crippen LogP contribution in [0.15, 0.2) is 12.1 Å². The summed E-state index contributed by atoms with van der Waals surface area (Å²) in [5, 5.41) is 3.51. The van der Waals surface area contributed by atoms with Crippen molar-refractivity contribution >= 4 is 0 Å². The van der Waals surface area contributed by atoms with Crippen molar-refractivity contribution in [1.29, 1.82) is 0 Å². The van der Waals surface area contributed by atoms with Crippen LogP contribution in [-0.2, 0) is 0 Å². The number of methoxy groups -OCH3 is 1. The zero-order valence-electron chi connectivity index (χ0n) is 14.3. The molecule has 114 valence electrons. The zero-order chi connectivity index (χ0) is 15.5. The van der Waals surface area contributed by atoms with Crippen LogP contribution in [0.1, 0.15) is 43.0 Å². The summed E-state index contributed by atoms with van der Waals surface area (Å²) < 4.78 is 5.42. The van der Waals surface area contributed by atoms with Crippen LogP contribution in [0.3, 0.4) is 0 Å². The Kier molecular flexibility index (Phi) is 5.60. The lowest BCUT2D eigenvalue weighted by molar-refractivity contribution is 0.116. The number of hydrogen-bond acceptors (Lipinski definition) is 3. The molecule has 0 aromatic heterocycles. The van der Waals surface area contributed by atoms with E-state index in [-0.39, 0.29) is 11.6 Å². The van der Waals surface area contributed by atoms with Gasteiger partial charge in [-0.15, -0.1) is 0 Å². The average Bonchev–Trinajstić information content (AvgIpc) is 2.42. The van der Waals surface area contributed by atoms with Gasteiger partial charge >= 0.3 is 0 Å². The van der Waals surface area contributed by atoms with Crippen molar-refractivity contribution < 1.29 is 4.74 Å². The molecule has 0 spiro atoms. The minimum Gasteiger partial charge on any atom is -0.496 e. The lowest BCUT2D eigenvalue weighted by atomic mass is 9.81. The molecule has 3 nitrogen and oxygen atoms in total. The van der Waals surface area contributed by atoms with E-state index in [9.17, 15) is 0 Å². The molecule has 3 heteroatoms. The zero-order valence-corrected chi connectivity index (χ0v) is 14.3. The minimum atomic E-state index is 0.0700. The Morgan fingerprint density at radius 2 is 1.85 bits per heavy atom. The fraction of sp³-hybridized carbons (Fsp3) is 0.647. The fourth-order valence-electron chi connectivity index (χ4n) is 2.92. The van der Waals surface area contributed by atoms with E-state index in [1.54, 1.807) is 7.11 Å². The molecule has 0 radical (unpaired) electrons. The van der Waals surface area contributed by atoms with Gasteiger partial charge in [0.05, 0.1) is 13.2 Å². The van der Waals surface area contributed by atoms with E-state index >= 15 is 0 Å². The Bertz CT molecular complexity index is 457. The maximum atomic E-state index is 5.42. The van der Waals surface area contributed by atoms with Gasteiger partial charge < -0.3 is 15.0 Å². The number of nitrogens with one attached hydrogen (secondary N) is 1. The van der Waals surface area contributed by atoms with Crippen LogP contribution in [-0.4, -0.2) is 38.7 Å². The summed E-state index contributed by atoms with van der Waals surface area (Å²) in [5.41, 5.74) is 3.88. The molecule has 1 rings (SSSR count). The molecule has 2 atom stereocenters. The third-order valence-corrected chi connectivity index (χ3v) is 4.74. The molecule has 0 aliphatic rings. The first kappa shape index (κ1) is 17.0. The predicted octanol–water partition coefficient (Wildman–Crippen LogP) is 3.30. The largest absolute Gasteiger partial charge is 0.496 e. The molecular weight excluding hydrogens is 248 g/mol. The summed E-state index contributed by atoms with van der Waals surface area (Å²) in [5.74, 6) is 0.962. The first-order valence-electron chi connectivity index (χ1n) is 7.31. The minimum absolute atomic E-state index is 0.0700. The van der Waals surface area contributed by atoms with Crippen molar-refractivity contribution in [2.75, 3.05) is 28.3 Å². The van der Waals surface area contributed by atoms with E-state index in [0.29, 0.717) is 0 Å². The summed E-state index contributed by atoms with van der Waals surface area (Å²) in [6, 6.07) is 4.68. The summed E-state index contributed by atoms with van der Waals surface area (Å²) >= 11 is 0. The number of nitrogens with zero attached hydrogens (tertiary/aromatic N) is 1. The number of rotatable bonds is 6. The van der Waals surface area contributed by atoms with Crippen molar-refractivity contribution in [3.8, 4) is 5.75 Å². The summed E-state index contributed by atoms with van der Waals surface area (Å²) in [6.45, 7) is 8.82. The number of hydrogen-bond donors (Lipinski definition) is 1. The smallest absolute Gasteiger partial charge is 0.122 e. The molecule has 0 saturated heterocycles. The van der Waals surface area contributed by atoms with Crippen LogP contribution in [0, 0.1) is 13.8 Å². The topological polar surface area (TPSA) is 24.5 Å². The Labute approximate surface area is 124 Å². The molecule has 0 amide bonds. The Morgan fingerprint density at radius 3 is 2.25 bits per heavy atom. The maximum Gasteiger partial charge on any atom is 0.122 e. The Morgan fingerprint density at radius 1 is 1.25 bits per heavy atom. The highest BCUT2D eigenvalue weighted by atomic mass is 16.5. The van der Waals surface area contributed by atoms with Gasteiger partial charge in [0.25, 0.3) is 0 Å². The van der Waals surface area contributed by atoms with Gasteiger partial charge in [-0.3, -0.25) is 0 Å². The maximum absolute atomic E-state index is 5.42. The third kappa shape index (κ3) is 2.99. The molecule has 0 heterocycles. The van der Waals surface area contributed by atoms with Crippen LogP contribution in [0.4, 0.5) is 0 Å². The predicted molar refractivity (Wildman–Crippen MR) is 86.7 cm³/mol. The van der Waals surface area contributed by atoms with Gasteiger partial charge in [-0.1, -0.05) is 13.0 Å². The molecule has 0 aliphatic heterocycles. The monoisotopic (exact) mass is 278 g/mol. The molecule has 2 unspecified atom stereocenters. The molecule has 20 heavy (non-hydrogen) atoms. The second-order valence-corrected chi connectivity index (χ2v) is 6.01. The molecule has 1 aromatic carbocycles.